The van der Waals surface area contributed by atoms with E-state index in [1.807, 2.05) is 49.6 Å². The minimum Gasteiger partial charge on any atom is -0.376 e. The van der Waals surface area contributed by atoms with Crippen molar-refractivity contribution in [2.45, 2.75) is 30.8 Å². The zero-order valence-electron chi connectivity index (χ0n) is 15.8. The number of fused-ring (bicyclic) bond motifs is 1. The average Bonchev–Trinajstić information content (AvgIpc) is 3.35. The lowest BCUT2D eigenvalue weighted by molar-refractivity contribution is 0.0917. The van der Waals surface area contributed by atoms with Crippen molar-refractivity contribution < 1.29 is 9.53 Å². The Hall–Kier alpha value is -1.60. The number of carbonyl (C=O) groups is 1. The third kappa shape index (κ3) is 4.06. The molecule has 7 heteroatoms. The first kappa shape index (κ1) is 19.7. The van der Waals surface area contributed by atoms with Crippen molar-refractivity contribution in [1.82, 2.24) is 4.98 Å². The summed E-state index contributed by atoms with van der Waals surface area (Å²) in [6.07, 6.45) is 4.05. The number of aromatic nitrogens is 1. The fourth-order valence-electron chi connectivity index (χ4n) is 3.41. The van der Waals surface area contributed by atoms with E-state index in [1.54, 1.807) is 16.7 Å². The van der Waals surface area contributed by atoms with Crippen molar-refractivity contribution in [1.29, 1.82) is 0 Å². The van der Waals surface area contributed by atoms with Gasteiger partial charge in [-0.2, -0.15) is 0 Å². The van der Waals surface area contributed by atoms with Crippen LogP contribution < -0.4 is 4.90 Å². The van der Waals surface area contributed by atoms with Gasteiger partial charge in [0.15, 0.2) is 5.13 Å². The molecule has 1 fully saturated rings. The highest BCUT2D eigenvalue weighted by Crippen LogP contribution is 2.34. The average molecular weight is 433 g/mol. The maximum absolute atomic E-state index is 13.4. The van der Waals surface area contributed by atoms with Crippen LogP contribution in [-0.4, -0.2) is 36.4 Å². The lowest BCUT2D eigenvalue weighted by Gasteiger charge is -2.23. The van der Waals surface area contributed by atoms with E-state index in [2.05, 4.69) is 0 Å². The Labute approximate surface area is 177 Å². The van der Waals surface area contributed by atoms with Crippen LogP contribution in [0.15, 0.2) is 41.3 Å². The summed E-state index contributed by atoms with van der Waals surface area (Å²) in [6, 6.07) is 11.5. The monoisotopic (exact) mass is 432 g/mol. The summed E-state index contributed by atoms with van der Waals surface area (Å²) < 4.78 is 6.80. The summed E-state index contributed by atoms with van der Waals surface area (Å²) in [6.45, 7) is 3.25. The number of thioether (sulfide) groups is 1. The Morgan fingerprint density at radius 1 is 1.39 bits per heavy atom. The molecule has 1 aliphatic rings. The van der Waals surface area contributed by atoms with Gasteiger partial charge >= 0.3 is 0 Å². The van der Waals surface area contributed by atoms with E-state index in [0.29, 0.717) is 22.3 Å². The van der Waals surface area contributed by atoms with Gasteiger partial charge in [0, 0.05) is 22.1 Å². The molecule has 0 aliphatic carbocycles. The minimum absolute atomic E-state index is 0.0457. The number of thiazole rings is 1. The summed E-state index contributed by atoms with van der Waals surface area (Å²) in [4.78, 5) is 21.1. The second-order valence-electron chi connectivity index (χ2n) is 6.85. The molecule has 28 heavy (non-hydrogen) atoms. The number of amides is 1. The van der Waals surface area contributed by atoms with E-state index in [1.165, 1.54) is 11.3 Å². The predicted octanol–water partition coefficient (Wildman–Crippen LogP) is 5.81. The third-order valence-electron chi connectivity index (χ3n) is 4.84. The number of benzene rings is 2. The first-order valence-electron chi connectivity index (χ1n) is 9.19. The first-order chi connectivity index (χ1) is 13.5. The van der Waals surface area contributed by atoms with Crippen LogP contribution in [-0.2, 0) is 4.74 Å². The molecule has 1 aliphatic heterocycles. The molecule has 2 heterocycles. The fourth-order valence-corrected chi connectivity index (χ4v) is 5.30. The second kappa shape index (κ2) is 8.41. The fraction of sp³-hybridized carbons (Fsp3) is 0.333. The lowest BCUT2D eigenvalue weighted by atomic mass is 10.2. The Kier molecular flexibility index (Phi) is 5.92. The molecule has 2 aromatic carbocycles. The molecular formula is C21H21ClN2O2S2. The van der Waals surface area contributed by atoms with Gasteiger partial charge in [0.1, 0.15) is 0 Å². The van der Waals surface area contributed by atoms with Crippen molar-refractivity contribution in [2.24, 2.45) is 0 Å². The zero-order chi connectivity index (χ0) is 19.7. The largest absolute Gasteiger partial charge is 0.376 e. The zero-order valence-corrected chi connectivity index (χ0v) is 18.2. The van der Waals surface area contributed by atoms with Gasteiger partial charge in [0.25, 0.3) is 5.91 Å². The minimum atomic E-state index is -0.0470. The molecule has 4 nitrogen and oxygen atoms in total. The molecule has 0 N–H and O–H groups in total. The summed E-state index contributed by atoms with van der Waals surface area (Å²) in [5, 5.41) is 1.38. The molecule has 0 bridgehead atoms. The van der Waals surface area contributed by atoms with E-state index in [-0.39, 0.29) is 12.0 Å². The molecule has 146 valence electrons. The van der Waals surface area contributed by atoms with Crippen molar-refractivity contribution in [2.75, 3.05) is 24.3 Å². The van der Waals surface area contributed by atoms with E-state index < -0.39 is 0 Å². The van der Waals surface area contributed by atoms with E-state index in [9.17, 15) is 4.79 Å². The van der Waals surface area contributed by atoms with Crippen LogP contribution in [0.25, 0.3) is 10.2 Å². The standard InChI is InChI=1S/C21H21ClN2O2S2/c1-13-9-15(22)11-18-19(13)23-21(28-18)24(12-16-6-4-8-26-16)20(25)14-5-3-7-17(10-14)27-2/h3,5,7,9-11,16H,4,6,8,12H2,1-2H3. The van der Waals surface area contributed by atoms with Gasteiger partial charge in [-0.25, -0.2) is 4.98 Å². The number of rotatable bonds is 5. The Balaban J connectivity index is 1.74. The molecular weight excluding hydrogens is 412 g/mol. The van der Waals surface area contributed by atoms with Crippen molar-refractivity contribution in [3.05, 3.63) is 52.5 Å². The van der Waals surface area contributed by atoms with Crippen LogP contribution >= 0.6 is 34.7 Å². The third-order valence-corrected chi connectivity index (χ3v) is 6.81. The van der Waals surface area contributed by atoms with Crippen LogP contribution in [0.4, 0.5) is 5.13 Å². The number of hydrogen-bond donors (Lipinski definition) is 0. The van der Waals surface area contributed by atoms with Gasteiger partial charge in [0.2, 0.25) is 0 Å². The van der Waals surface area contributed by atoms with Crippen LogP contribution in [0.3, 0.4) is 0 Å². The number of aryl methyl sites for hydroxylation is 1. The number of carbonyl (C=O) groups excluding carboxylic acids is 1. The highest BCUT2D eigenvalue weighted by atomic mass is 35.5. The van der Waals surface area contributed by atoms with Gasteiger partial charge in [-0.1, -0.05) is 29.0 Å². The second-order valence-corrected chi connectivity index (χ2v) is 9.17. The van der Waals surface area contributed by atoms with E-state index >= 15 is 0 Å². The number of hydrogen-bond acceptors (Lipinski definition) is 5. The molecule has 0 saturated carbocycles. The molecule has 4 rings (SSSR count). The van der Waals surface area contributed by atoms with Gasteiger partial charge in [0.05, 0.1) is 22.9 Å². The van der Waals surface area contributed by atoms with Gasteiger partial charge < -0.3 is 4.74 Å². The molecule has 0 spiro atoms. The maximum atomic E-state index is 13.4. The van der Waals surface area contributed by atoms with Gasteiger partial charge in [-0.3, -0.25) is 9.69 Å². The molecule has 1 atom stereocenters. The molecule has 0 radical (unpaired) electrons. The number of anilines is 1. The smallest absolute Gasteiger partial charge is 0.260 e. The SMILES string of the molecule is CSc1cccc(C(=O)N(CC2CCCO2)c2nc3c(C)cc(Cl)cc3s2)c1. The highest BCUT2D eigenvalue weighted by Gasteiger charge is 2.27. The van der Waals surface area contributed by atoms with E-state index in [0.717, 1.165) is 40.1 Å². The summed E-state index contributed by atoms with van der Waals surface area (Å²) in [5.74, 6) is -0.0470. The Morgan fingerprint density at radius 2 is 2.25 bits per heavy atom. The number of ether oxygens (including phenoxy) is 1. The topological polar surface area (TPSA) is 42.4 Å². The van der Waals surface area contributed by atoms with Gasteiger partial charge in [-0.05, 0) is 61.9 Å². The molecule has 1 amide bonds. The predicted molar refractivity (Wildman–Crippen MR) is 118 cm³/mol. The van der Waals surface area contributed by atoms with Crippen LogP contribution in [0.1, 0.15) is 28.8 Å². The van der Waals surface area contributed by atoms with Crippen LogP contribution in [0.5, 0.6) is 0 Å². The number of nitrogens with zero attached hydrogens (tertiary/aromatic N) is 2. The van der Waals surface area contributed by atoms with Crippen molar-refractivity contribution in [3.8, 4) is 0 Å². The Bertz CT molecular complexity index is 1010. The highest BCUT2D eigenvalue weighted by molar-refractivity contribution is 7.98. The maximum Gasteiger partial charge on any atom is 0.260 e. The summed E-state index contributed by atoms with van der Waals surface area (Å²) >= 11 is 9.34. The first-order valence-corrected chi connectivity index (χ1v) is 11.6. The number of halogens is 1. The van der Waals surface area contributed by atoms with Crippen molar-refractivity contribution in [3.63, 3.8) is 0 Å². The molecule has 3 aromatic rings. The normalized spacial score (nSPS) is 16.6. The molecule has 1 unspecified atom stereocenters. The molecule has 1 saturated heterocycles. The summed E-state index contributed by atoms with van der Waals surface area (Å²) in [5.41, 5.74) is 2.57. The lowest BCUT2D eigenvalue weighted by Crippen LogP contribution is -2.37. The molecule has 1 aromatic heterocycles. The van der Waals surface area contributed by atoms with E-state index in [4.69, 9.17) is 21.3 Å². The summed E-state index contributed by atoms with van der Waals surface area (Å²) in [7, 11) is 0. The van der Waals surface area contributed by atoms with Gasteiger partial charge in [-0.15, -0.1) is 11.8 Å². The van der Waals surface area contributed by atoms with Crippen LogP contribution in [0, 0.1) is 6.92 Å². The Morgan fingerprint density at radius 3 is 3.00 bits per heavy atom. The quantitative estimate of drug-likeness (QED) is 0.477. The van der Waals surface area contributed by atoms with Crippen molar-refractivity contribution >= 4 is 56.0 Å². The van der Waals surface area contributed by atoms with Crippen LogP contribution in [0.2, 0.25) is 5.02 Å².